The number of hydrogen-bond acceptors (Lipinski definition) is 4. The summed E-state index contributed by atoms with van der Waals surface area (Å²) >= 11 is 0. The second kappa shape index (κ2) is 9.80. The summed E-state index contributed by atoms with van der Waals surface area (Å²) in [6, 6.07) is 35.3. The molecule has 6 nitrogen and oxygen atoms in total. The summed E-state index contributed by atoms with van der Waals surface area (Å²) in [7, 11) is 0. The van der Waals surface area contributed by atoms with Crippen molar-refractivity contribution in [2.75, 3.05) is 5.01 Å². The molecule has 0 saturated carbocycles. The summed E-state index contributed by atoms with van der Waals surface area (Å²) in [5, 5.41) is 19.0. The summed E-state index contributed by atoms with van der Waals surface area (Å²) in [6.45, 7) is 2.01. The summed E-state index contributed by atoms with van der Waals surface area (Å²) < 4.78 is 0. The van der Waals surface area contributed by atoms with Crippen LogP contribution in [0.25, 0.3) is 5.57 Å². The third-order valence-electron chi connectivity index (χ3n) is 7.76. The lowest BCUT2D eigenvalue weighted by molar-refractivity contribution is -0.527. The Hall–Kier alpha value is -4.84. The fourth-order valence-corrected chi connectivity index (χ4v) is 5.84. The first-order chi connectivity index (χ1) is 19.0. The van der Waals surface area contributed by atoms with Crippen LogP contribution in [-0.4, -0.2) is 22.6 Å². The molecule has 1 aliphatic carbocycles. The lowest BCUT2D eigenvalue weighted by atomic mass is 9.61. The quantitative estimate of drug-likeness (QED) is 0.221. The molecule has 0 saturated heterocycles. The molecule has 0 fully saturated rings. The van der Waals surface area contributed by atoms with Gasteiger partial charge >= 0.3 is 0 Å². The number of carbonyl (C=O) groups excluding carboxylic acids is 1. The Balaban J connectivity index is 1.64. The molecular formula is C33H27N3O3. The van der Waals surface area contributed by atoms with Gasteiger partial charge in [-0.05, 0) is 41.3 Å². The number of carbonyl (C=O) groups is 1. The standard InChI is InChI=1S/C33H27N3O3/c1-23-17-19-25(20-18-23)29-21-28(24-11-5-2-6-12-24)30(36(38)39)22-33(29)31(26-13-7-3-8-14-26)34-35(32(33)37)27-15-9-4-10-16-27/h2-21,28,30H,22H2,1H3/t28-,30+,33-/m1/s1. The van der Waals surface area contributed by atoms with Crippen LogP contribution in [0.3, 0.4) is 0 Å². The van der Waals surface area contributed by atoms with Crippen molar-refractivity contribution in [3.05, 3.63) is 154 Å². The zero-order valence-electron chi connectivity index (χ0n) is 21.5. The molecule has 0 bridgehead atoms. The number of para-hydroxylation sites is 1. The number of aryl methyl sites for hydroxylation is 1. The van der Waals surface area contributed by atoms with Crippen molar-refractivity contribution in [2.24, 2.45) is 10.5 Å². The first kappa shape index (κ1) is 24.5. The first-order valence-electron chi connectivity index (χ1n) is 13.0. The smallest absolute Gasteiger partial charge is 0.264 e. The topological polar surface area (TPSA) is 75.8 Å². The van der Waals surface area contributed by atoms with Gasteiger partial charge in [-0.3, -0.25) is 14.9 Å². The maximum Gasteiger partial charge on any atom is 0.264 e. The van der Waals surface area contributed by atoms with E-state index in [9.17, 15) is 14.9 Å². The van der Waals surface area contributed by atoms with Gasteiger partial charge in [-0.1, -0.05) is 115 Å². The number of anilines is 1. The summed E-state index contributed by atoms with van der Waals surface area (Å²) in [5.41, 5.74) is 4.13. The van der Waals surface area contributed by atoms with E-state index < -0.39 is 17.4 Å². The van der Waals surface area contributed by atoms with Gasteiger partial charge in [0.15, 0.2) is 0 Å². The van der Waals surface area contributed by atoms with Crippen LogP contribution in [0.1, 0.15) is 34.6 Å². The number of rotatable bonds is 5. The minimum Gasteiger partial charge on any atom is -0.271 e. The molecule has 1 aliphatic heterocycles. The Morgan fingerprint density at radius 3 is 2.03 bits per heavy atom. The van der Waals surface area contributed by atoms with Crippen molar-refractivity contribution in [3.8, 4) is 0 Å². The number of hydrogen-bond donors (Lipinski definition) is 0. The van der Waals surface area contributed by atoms with E-state index in [1.165, 1.54) is 5.01 Å². The monoisotopic (exact) mass is 513 g/mol. The summed E-state index contributed by atoms with van der Waals surface area (Å²) in [6.07, 6.45) is 1.94. The van der Waals surface area contributed by atoms with Crippen molar-refractivity contribution in [1.29, 1.82) is 0 Å². The van der Waals surface area contributed by atoms with Crippen molar-refractivity contribution in [1.82, 2.24) is 0 Å². The SMILES string of the molecule is Cc1ccc(C2=C[C@H](c3ccccc3)[C@@H]([N+](=O)[O-])C[C@@]23C(=O)N(c2ccccc2)N=C3c2ccccc2)cc1. The maximum absolute atomic E-state index is 14.7. The van der Waals surface area contributed by atoms with Crippen molar-refractivity contribution in [3.63, 3.8) is 0 Å². The zero-order chi connectivity index (χ0) is 27.0. The lowest BCUT2D eigenvalue weighted by Crippen LogP contribution is -2.49. The normalized spacial score (nSPS) is 22.5. The molecule has 6 heteroatoms. The highest BCUT2D eigenvalue weighted by molar-refractivity contribution is 6.31. The van der Waals surface area contributed by atoms with Gasteiger partial charge in [0, 0.05) is 11.3 Å². The molecule has 0 aromatic heterocycles. The summed E-state index contributed by atoms with van der Waals surface area (Å²) in [4.78, 5) is 27.1. The molecule has 1 heterocycles. The van der Waals surface area contributed by atoms with E-state index in [1.54, 1.807) is 0 Å². The maximum atomic E-state index is 14.7. The fourth-order valence-electron chi connectivity index (χ4n) is 5.84. The van der Waals surface area contributed by atoms with Crippen LogP contribution in [0.2, 0.25) is 0 Å². The average Bonchev–Trinajstić information content (AvgIpc) is 3.26. The molecule has 0 unspecified atom stereocenters. The van der Waals surface area contributed by atoms with Gasteiger partial charge in [0.05, 0.1) is 17.3 Å². The Morgan fingerprint density at radius 2 is 1.41 bits per heavy atom. The van der Waals surface area contributed by atoms with Gasteiger partial charge in [0.1, 0.15) is 5.41 Å². The van der Waals surface area contributed by atoms with Crippen LogP contribution in [0, 0.1) is 22.5 Å². The minimum absolute atomic E-state index is 0.00480. The molecule has 1 spiro atoms. The molecule has 4 aromatic rings. The van der Waals surface area contributed by atoms with Crippen molar-refractivity contribution in [2.45, 2.75) is 25.3 Å². The molecule has 0 radical (unpaired) electrons. The van der Waals surface area contributed by atoms with Crippen molar-refractivity contribution < 1.29 is 9.72 Å². The number of amides is 1. The van der Waals surface area contributed by atoms with Gasteiger partial charge in [-0.15, -0.1) is 0 Å². The molecule has 2 aliphatic rings. The molecule has 192 valence electrons. The van der Waals surface area contributed by atoms with Crippen LogP contribution < -0.4 is 5.01 Å². The van der Waals surface area contributed by atoms with E-state index >= 15 is 0 Å². The minimum atomic E-state index is -1.34. The van der Waals surface area contributed by atoms with E-state index in [4.69, 9.17) is 5.10 Å². The molecule has 1 amide bonds. The van der Waals surface area contributed by atoms with Gasteiger partial charge < -0.3 is 0 Å². The van der Waals surface area contributed by atoms with Crippen molar-refractivity contribution >= 4 is 22.9 Å². The first-order valence-corrected chi connectivity index (χ1v) is 13.0. The molecule has 6 rings (SSSR count). The number of nitrogens with zero attached hydrogens (tertiary/aromatic N) is 3. The predicted octanol–water partition coefficient (Wildman–Crippen LogP) is 6.65. The highest BCUT2D eigenvalue weighted by Gasteiger charge is 2.60. The predicted molar refractivity (Wildman–Crippen MR) is 153 cm³/mol. The van der Waals surface area contributed by atoms with E-state index in [0.717, 1.165) is 27.8 Å². The lowest BCUT2D eigenvalue weighted by Gasteiger charge is -2.39. The zero-order valence-corrected chi connectivity index (χ0v) is 21.5. The van der Waals surface area contributed by atoms with E-state index in [0.29, 0.717) is 11.4 Å². The average molecular weight is 514 g/mol. The number of benzene rings is 4. The van der Waals surface area contributed by atoms with Crippen LogP contribution in [0.5, 0.6) is 0 Å². The number of hydrazone groups is 1. The molecule has 3 atom stereocenters. The Labute approximate surface area is 227 Å². The van der Waals surface area contributed by atoms with Gasteiger partial charge in [0.2, 0.25) is 6.04 Å². The summed E-state index contributed by atoms with van der Waals surface area (Å²) in [5.74, 6) is -0.781. The Bertz CT molecular complexity index is 1580. The van der Waals surface area contributed by atoms with Crippen LogP contribution in [-0.2, 0) is 4.79 Å². The van der Waals surface area contributed by atoms with Gasteiger partial charge in [0.25, 0.3) is 5.91 Å². The van der Waals surface area contributed by atoms with E-state index in [2.05, 4.69) is 0 Å². The molecule has 4 aromatic carbocycles. The third-order valence-corrected chi connectivity index (χ3v) is 7.76. The van der Waals surface area contributed by atoms with E-state index in [1.807, 2.05) is 128 Å². The highest BCUT2D eigenvalue weighted by Crippen LogP contribution is 2.54. The molecule has 0 N–H and O–H groups in total. The number of nitro groups is 1. The highest BCUT2D eigenvalue weighted by atomic mass is 16.6. The second-order valence-electron chi connectivity index (χ2n) is 10.1. The van der Waals surface area contributed by atoms with Crippen LogP contribution in [0.15, 0.2) is 126 Å². The van der Waals surface area contributed by atoms with Gasteiger partial charge in [-0.2, -0.15) is 10.1 Å². The largest absolute Gasteiger partial charge is 0.271 e. The van der Waals surface area contributed by atoms with Gasteiger partial charge in [-0.25, -0.2) is 0 Å². The molecule has 39 heavy (non-hydrogen) atoms. The van der Waals surface area contributed by atoms with Crippen LogP contribution in [0.4, 0.5) is 5.69 Å². The Kier molecular flexibility index (Phi) is 6.15. The second-order valence-corrected chi connectivity index (χ2v) is 10.1. The van der Waals surface area contributed by atoms with E-state index in [-0.39, 0.29) is 17.3 Å². The fraction of sp³-hybridized carbons (Fsp3) is 0.152. The third kappa shape index (κ3) is 4.14. The van der Waals surface area contributed by atoms with Crippen LogP contribution >= 0.6 is 0 Å². The Morgan fingerprint density at radius 1 is 0.821 bits per heavy atom. The molecular weight excluding hydrogens is 486 g/mol.